The fraction of sp³-hybridized carbons (Fsp3) is 0.611. The number of carbonyl (C=O) groups excluding carboxylic acids is 1. The average Bonchev–Trinajstić information content (AvgIpc) is 2.37. The van der Waals surface area contributed by atoms with E-state index in [-0.39, 0.29) is 5.91 Å². The third-order valence-corrected chi connectivity index (χ3v) is 5.36. The molecular weight excluding hydrogens is 326 g/mol. The van der Waals surface area contributed by atoms with Gasteiger partial charge in [0.15, 0.2) is 0 Å². The van der Waals surface area contributed by atoms with Crippen LogP contribution in [0, 0.1) is 24.7 Å². The highest BCUT2D eigenvalue weighted by atomic mass is 79.9. The predicted molar refractivity (Wildman–Crippen MR) is 91.5 cm³/mol. The van der Waals surface area contributed by atoms with Crippen molar-refractivity contribution in [1.82, 2.24) is 5.32 Å². The van der Waals surface area contributed by atoms with Gasteiger partial charge in [-0.3, -0.25) is 4.79 Å². The Hall–Kier alpha value is -0.830. The van der Waals surface area contributed by atoms with E-state index in [1.807, 2.05) is 25.1 Å². The Kier molecular flexibility index (Phi) is 5.48. The van der Waals surface area contributed by atoms with E-state index in [9.17, 15) is 4.79 Å². The van der Waals surface area contributed by atoms with Crippen LogP contribution in [-0.4, -0.2) is 11.9 Å². The Morgan fingerprint density at radius 2 is 2.05 bits per heavy atom. The molecule has 0 bridgehead atoms. The first kappa shape index (κ1) is 16.5. The molecule has 0 saturated heterocycles. The molecule has 1 aromatic rings. The highest BCUT2D eigenvalue weighted by Crippen LogP contribution is 2.33. The van der Waals surface area contributed by atoms with Gasteiger partial charge < -0.3 is 5.32 Å². The topological polar surface area (TPSA) is 29.1 Å². The summed E-state index contributed by atoms with van der Waals surface area (Å²) in [5, 5.41) is 3.29. The van der Waals surface area contributed by atoms with Crippen LogP contribution in [0.4, 0.5) is 0 Å². The van der Waals surface area contributed by atoms with Gasteiger partial charge in [-0.2, -0.15) is 0 Å². The van der Waals surface area contributed by atoms with Crippen LogP contribution in [0.3, 0.4) is 0 Å². The first-order valence-electron chi connectivity index (χ1n) is 7.95. The molecule has 1 aliphatic rings. The summed E-state index contributed by atoms with van der Waals surface area (Å²) in [5.74, 6) is 1.96. The van der Waals surface area contributed by atoms with E-state index in [0.29, 0.717) is 23.8 Å². The number of hydrogen-bond acceptors (Lipinski definition) is 1. The van der Waals surface area contributed by atoms with E-state index >= 15 is 0 Å². The fourth-order valence-electron chi connectivity index (χ4n) is 3.42. The zero-order chi connectivity index (χ0) is 15.6. The maximum Gasteiger partial charge on any atom is 0.252 e. The van der Waals surface area contributed by atoms with Gasteiger partial charge in [0.1, 0.15) is 0 Å². The Bertz CT molecular complexity index is 512. The van der Waals surface area contributed by atoms with Crippen molar-refractivity contribution in [3.05, 3.63) is 33.8 Å². The Morgan fingerprint density at radius 1 is 1.33 bits per heavy atom. The lowest BCUT2D eigenvalue weighted by Crippen LogP contribution is -2.45. The lowest BCUT2D eigenvalue weighted by Gasteiger charge is -2.37. The van der Waals surface area contributed by atoms with Crippen LogP contribution in [0.5, 0.6) is 0 Å². The molecule has 3 atom stereocenters. The highest BCUT2D eigenvalue weighted by Gasteiger charge is 2.32. The van der Waals surface area contributed by atoms with E-state index in [0.717, 1.165) is 22.0 Å². The van der Waals surface area contributed by atoms with Gasteiger partial charge in [-0.05, 0) is 71.1 Å². The predicted octanol–water partition coefficient (Wildman–Crippen LogP) is 4.95. The number of benzene rings is 1. The Balaban J connectivity index is 2.12. The summed E-state index contributed by atoms with van der Waals surface area (Å²) in [6.45, 7) is 8.85. The van der Waals surface area contributed by atoms with Crippen LogP contribution in [-0.2, 0) is 0 Å². The maximum absolute atomic E-state index is 12.6. The molecule has 2 nitrogen and oxygen atoms in total. The average molecular weight is 352 g/mol. The van der Waals surface area contributed by atoms with Crippen molar-refractivity contribution in [2.75, 3.05) is 0 Å². The number of hydrogen-bond donors (Lipinski definition) is 1. The number of nitrogens with one attached hydrogen (secondary N) is 1. The molecule has 1 aliphatic carbocycles. The van der Waals surface area contributed by atoms with E-state index in [4.69, 9.17) is 0 Å². The van der Waals surface area contributed by atoms with Gasteiger partial charge in [0, 0.05) is 10.5 Å². The minimum atomic E-state index is 0.0478. The molecule has 0 radical (unpaired) electrons. The quantitative estimate of drug-likeness (QED) is 0.820. The number of aryl methyl sites for hydroxylation is 1. The first-order valence-corrected chi connectivity index (χ1v) is 8.74. The summed E-state index contributed by atoms with van der Waals surface area (Å²) >= 11 is 3.51. The number of halogens is 1. The lowest BCUT2D eigenvalue weighted by atomic mass is 9.74. The van der Waals surface area contributed by atoms with Crippen LogP contribution in [0.2, 0.25) is 0 Å². The third kappa shape index (κ3) is 4.09. The molecule has 0 spiro atoms. The lowest BCUT2D eigenvalue weighted by molar-refractivity contribution is 0.0867. The van der Waals surface area contributed by atoms with Gasteiger partial charge in [-0.15, -0.1) is 0 Å². The Labute approximate surface area is 136 Å². The van der Waals surface area contributed by atoms with E-state index in [1.54, 1.807) is 0 Å². The monoisotopic (exact) mass is 351 g/mol. The van der Waals surface area contributed by atoms with Gasteiger partial charge in [-0.1, -0.05) is 33.3 Å². The van der Waals surface area contributed by atoms with Crippen LogP contribution >= 0.6 is 15.9 Å². The largest absolute Gasteiger partial charge is 0.349 e. The molecule has 1 amide bonds. The molecule has 3 unspecified atom stereocenters. The molecule has 0 aliphatic heterocycles. The molecular formula is C18H26BrNO. The second-order valence-corrected chi connectivity index (χ2v) is 7.74. The zero-order valence-corrected chi connectivity index (χ0v) is 15.0. The summed E-state index contributed by atoms with van der Waals surface area (Å²) in [7, 11) is 0. The number of rotatable bonds is 3. The Morgan fingerprint density at radius 3 is 2.67 bits per heavy atom. The van der Waals surface area contributed by atoms with Gasteiger partial charge >= 0.3 is 0 Å². The zero-order valence-electron chi connectivity index (χ0n) is 13.4. The summed E-state index contributed by atoms with van der Waals surface area (Å²) in [4.78, 5) is 12.6. The van der Waals surface area contributed by atoms with Crippen LogP contribution in [0.1, 0.15) is 56.0 Å². The van der Waals surface area contributed by atoms with Crippen LogP contribution < -0.4 is 5.32 Å². The molecule has 1 fully saturated rings. The van der Waals surface area contributed by atoms with Gasteiger partial charge in [-0.25, -0.2) is 0 Å². The number of amides is 1. The van der Waals surface area contributed by atoms with Crippen molar-refractivity contribution in [3.63, 3.8) is 0 Å². The van der Waals surface area contributed by atoms with E-state index < -0.39 is 0 Å². The highest BCUT2D eigenvalue weighted by molar-refractivity contribution is 9.10. The van der Waals surface area contributed by atoms with Crippen molar-refractivity contribution in [3.8, 4) is 0 Å². The second-order valence-electron chi connectivity index (χ2n) is 6.89. The molecule has 0 aromatic heterocycles. The van der Waals surface area contributed by atoms with Gasteiger partial charge in [0.2, 0.25) is 0 Å². The SMILES string of the molecule is Cc1ccc(C(=O)NC2CC(C)CCC2C(C)C)c(Br)c1. The van der Waals surface area contributed by atoms with Gasteiger partial charge in [0.25, 0.3) is 5.91 Å². The van der Waals surface area contributed by atoms with Crippen molar-refractivity contribution < 1.29 is 4.79 Å². The molecule has 0 heterocycles. The minimum absolute atomic E-state index is 0.0478. The molecule has 116 valence electrons. The van der Waals surface area contributed by atoms with Crippen LogP contribution in [0.25, 0.3) is 0 Å². The second kappa shape index (κ2) is 6.95. The molecule has 1 aromatic carbocycles. The first-order chi connectivity index (χ1) is 9.88. The van der Waals surface area contributed by atoms with Crippen molar-refractivity contribution in [2.24, 2.45) is 17.8 Å². The molecule has 3 heteroatoms. The standard InChI is InChI=1S/C18H26BrNO/c1-11(2)14-7-5-13(4)10-17(14)20-18(21)15-8-6-12(3)9-16(15)19/h6,8-9,11,13-14,17H,5,7,10H2,1-4H3,(H,20,21). The van der Waals surface area contributed by atoms with E-state index in [1.165, 1.54) is 12.8 Å². The summed E-state index contributed by atoms with van der Waals surface area (Å²) in [6.07, 6.45) is 3.60. The van der Waals surface area contributed by atoms with Crippen molar-refractivity contribution in [1.29, 1.82) is 0 Å². The normalized spacial score (nSPS) is 25.9. The van der Waals surface area contributed by atoms with Crippen molar-refractivity contribution in [2.45, 2.75) is 53.0 Å². The molecule has 21 heavy (non-hydrogen) atoms. The smallest absolute Gasteiger partial charge is 0.252 e. The molecule has 1 saturated carbocycles. The maximum atomic E-state index is 12.6. The summed E-state index contributed by atoms with van der Waals surface area (Å²) < 4.78 is 0.880. The third-order valence-electron chi connectivity index (χ3n) is 4.71. The number of carbonyl (C=O) groups is 1. The minimum Gasteiger partial charge on any atom is -0.349 e. The molecule has 1 N–H and O–H groups in total. The fourth-order valence-corrected chi connectivity index (χ4v) is 4.09. The van der Waals surface area contributed by atoms with Crippen molar-refractivity contribution >= 4 is 21.8 Å². The molecule has 2 rings (SSSR count). The summed E-state index contributed by atoms with van der Waals surface area (Å²) in [6, 6.07) is 6.20. The summed E-state index contributed by atoms with van der Waals surface area (Å²) in [5.41, 5.74) is 1.89. The van der Waals surface area contributed by atoms with Crippen LogP contribution in [0.15, 0.2) is 22.7 Å². The van der Waals surface area contributed by atoms with Gasteiger partial charge in [0.05, 0.1) is 5.56 Å². The van der Waals surface area contributed by atoms with E-state index in [2.05, 4.69) is 42.0 Å².